The zero-order valence-corrected chi connectivity index (χ0v) is 13.2. The molecule has 6 heteroatoms. The lowest BCUT2D eigenvalue weighted by Gasteiger charge is -2.07. The van der Waals surface area contributed by atoms with Crippen molar-refractivity contribution in [3.8, 4) is 0 Å². The molecule has 0 atom stereocenters. The van der Waals surface area contributed by atoms with Crippen LogP contribution < -0.4 is 10.6 Å². The van der Waals surface area contributed by atoms with E-state index in [2.05, 4.69) is 10.6 Å². The minimum Gasteiger partial charge on any atom is -0.354 e. The van der Waals surface area contributed by atoms with Crippen molar-refractivity contribution in [2.24, 2.45) is 0 Å². The van der Waals surface area contributed by atoms with Crippen LogP contribution >= 0.6 is 11.8 Å². The maximum absolute atomic E-state index is 13.0. The SMILES string of the molecule is O=C(CNC(=O)c1cccc(F)c1)NCCSc1ccccc1. The Morgan fingerprint density at radius 1 is 1.00 bits per heavy atom. The Morgan fingerprint density at radius 3 is 2.52 bits per heavy atom. The number of benzene rings is 2. The van der Waals surface area contributed by atoms with Crippen LogP contribution in [0.2, 0.25) is 0 Å². The monoisotopic (exact) mass is 332 g/mol. The molecule has 0 aliphatic heterocycles. The van der Waals surface area contributed by atoms with E-state index in [0.29, 0.717) is 6.54 Å². The molecule has 120 valence electrons. The van der Waals surface area contributed by atoms with Crippen molar-refractivity contribution in [1.82, 2.24) is 10.6 Å². The van der Waals surface area contributed by atoms with E-state index in [1.165, 1.54) is 18.2 Å². The maximum Gasteiger partial charge on any atom is 0.251 e. The molecule has 0 aromatic heterocycles. The molecule has 0 spiro atoms. The van der Waals surface area contributed by atoms with Crippen molar-refractivity contribution in [1.29, 1.82) is 0 Å². The van der Waals surface area contributed by atoms with E-state index in [-0.39, 0.29) is 18.0 Å². The molecule has 2 amide bonds. The quantitative estimate of drug-likeness (QED) is 0.605. The number of amides is 2. The number of halogens is 1. The molecular weight excluding hydrogens is 315 g/mol. The van der Waals surface area contributed by atoms with E-state index in [1.54, 1.807) is 11.8 Å². The molecule has 2 rings (SSSR count). The fourth-order valence-corrected chi connectivity index (χ4v) is 2.62. The summed E-state index contributed by atoms with van der Waals surface area (Å²) in [5, 5.41) is 5.18. The van der Waals surface area contributed by atoms with Crippen molar-refractivity contribution in [3.63, 3.8) is 0 Å². The largest absolute Gasteiger partial charge is 0.354 e. The molecule has 23 heavy (non-hydrogen) atoms. The molecule has 0 unspecified atom stereocenters. The smallest absolute Gasteiger partial charge is 0.251 e. The average molecular weight is 332 g/mol. The van der Waals surface area contributed by atoms with Gasteiger partial charge in [-0.25, -0.2) is 4.39 Å². The first kappa shape index (κ1) is 17.0. The first-order chi connectivity index (χ1) is 11.1. The summed E-state index contributed by atoms with van der Waals surface area (Å²) in [4.78, 5) is 24.5. The molecule has 2 aromatic rings. The Balaban J connectivity index is 1.64. The van der Waals surface area contributed by atoms with Gasteiger partial charge in [-0.2, -0.15) is 0 Å². The molecule has 0 saturated carbocycles. The summed E-state index contributed by atoms with van der Waals surface area (Å²) < 4.78 is 13.0. The van der Waals surface area contributed by atoms with Crippen LogP contribution in [-0.2, 0) is 4.79 Å². The molecule has 0 aliphatic carbocycles. The van der Waals surface area contributed by atoms with E-state index >= 15 is 0 Å². The third kappa shape index (κ3) is 6.12. The number of carbonyl (C=O) groups is 2. The predicted octanol–water partition coefficient (Wildman–Crippen LogP) is 2.46. The summed E-state index contributed by atoms with van der Waals surface area (Å²) in [7, 11) is 0. The molecule has 0 fully saturated rings. The first-order valence-corrected chi connectivity index (χ1v) is 8.12. The van der Waals surface area contributed by atoms with Gasteiger partial charge < -0.3 is 10.6 Å². The summed E-state index contributed by atoms with van der Waals surface area (Å²) >= 11 is 1.64. The zero-order valence-electron chi connectivity index (χ0n) is 12.4. The van der Waals surface area contributed by atoms with Gasteiger partial charge in [0.05, 0.1) is 6.54 Å². The van der Waals surface area contributed by atoms with Gasteiger partial charge in [0.1, 0.15) is 5.82 Å². The van der Waals surface area contributed by atoms with Gasteiger partial charge in [-0.05, 0) is 30.3 Å². The number of thioether (sulfide) groups is 1. The minimum absolute atomic E-state index is 0.134. The molecule has 4 nitrogen and oxygen atoms in total. The maximum atomic E-state index is 13.0. The highest BCUT2D eigenvalue weighted by molar-refractivity contribution is 7.99. The summed E-state index contributed by atoms with van der Waals surface area (Å²) in [5.74, 6) is -0.491. The summed E-state index contributed by atoms with van der Waals surface area (Å²) in [5.41, 5.74) is 0.192. The summed E-state index contributed by atoms with van der Waals surface area (Å²) in [6.45, 7) is 0.375. The minimum atomic E-state index is -0.486. The van der Waals surface area contributed by atoms with Crippen LogP contribution in [0.1, 0.15) is 10.4 Å². The molecule has 2 aromatic carbocycles. The third-order valence-electron chi connectivity index (χ3n) is 2.93. The fraction of sp³-hybridized carbons (Fsp3) is 0.176. The van der Waals surface area contributed by atoms with E-state index < -0.39 is 11.7 Å². The van der Waals surface area contributed by atoms with Crippen LogP contribution in [0.4, 0.5) is 4.39 Å². The summed E-state index contributed by atoms with van der Waals surface area (Å²) in [6, 6.07) is 15.2. The van der Waals surface area contributed by atoms with Crippen LogP contribution in [0, 0.1) is 5.82 Å². The highest BCUT2D eigenvalue weighted by Crippen LogP contribution is 2.15. The predicted molar refractivity (Wildman–Crippen MR) is 88.9 cm³/mol. The molecule has 0 saturated heterocycles. The molecular formula is C17H17FN2O2S. The molecule has 0 aliphatic rings. The van der Waals surface area contributed by atoms with Crippen molar-refractivity contribution >= 4 is 23.6 Å². The number of carbonyl (C=O) groups excluding carboxylic acids is 2. The van der Waals surface area contributed by atoms with Crippen molar-refractivity contribution < 1.29 is 14.0 Å². The Labute approximate surface area is 138 Å². The van der Waals surface area contributed by atoms with E-state index in [1.807, 2.05) is 30.3 Å². The number of hydrogen-bond donors (Lipinski definition) is 2. The Hall–Kier alpha value is -2.34. The van der Waals surface area contributed by atoms with Crippen molar-refractivity contribution in [2.75, 3.05) is 18.8 Å². The van der Waals surface area contributed by atoms with Crippen LogP contribution in [0.15, 0.2) is 59.5 Å². The molecule has 0 heterocycles. The van der Waals surface area contributed by atoms with Gasteiger partial charge in [-0.3, -0.25) is 9.59 Å². The second kappa shape index (κ2) is 8.95. The van der Waals surface area contributed by atoms with Crippen LogP contribution in [0.3, 0.4) is 0 Å². The highest BCUT2D eigenvalue weighted by Gasteiger charge is 2.08. The number of rotatable bonds is 7. The van der Waals surface area contributed by atoms with E-state index in [9.17, 15) is 14.0 Å². The summed E-state index contributed by atoms with van der Waals surface area (Å²) in [6.07, 6.45) is 0. The highest BCUT2D eigenvalue weighted by atomic mass is 32.2. The van der Waals surface area contributed by atoms with Gasteiger partial charge in [0, 0.05) is 22.8 Å². The van der Waals surface area contributed by atoms with Gasteiger partial charge in [0.15, 0.2) is 0 Å². The standard InChI is InChI=1S/C17H17FN2O2S/c18-14-6-4-5-13(11-14)17(22)20-12-16(21)19-9-10-23-15-7-2-1-3-8-15/h1-8,11H,9-10,12H2,(H,19,21)(H,20,22). The molecule has 0 radical (unpaired) electrons. The second-order valence-corrected chi connectivity index (χ2v) is 5.87. The van der Waals surface area contributed by atoms with Crippen LogP contribution in [0.5, 0.6) is 0 Å². The van der Waals surface area contributed by atoms with Gasteiger partial charge in [0.2, 0.25) is 5.91 Å². The Kier molecular flexibility index (Phi) is 6.62. The third-order valence-corrected chi connectivity index (χ3v) is 3.95. The Bertz CT molecular complexity index is 665. The van der Waals surface area contributed by atoms with E-state index in [0.717, 1.165) is 16.7 Å². The molecule has 0 bridgehead atoms. The van der Waals surface area contributed by atoms with Gasteiger partial charge in [-0.15, -0.1) is 11.8 Å². The topological polar surface area (TPSA) is 58.2 Å². The van der Waals surface area contributed by atoms with Gasteiger partial charge in [-0.1, -0.05) is 24.3 Å². The average Bonchev–Trinajstić information content (AvgIpc) is 2.57. The van der Waals surface area contributed by atoms with Crippen molar-refractivity contribution in [2.45, 2.75) is 4.90 Å². The first-order valence-electron chi connectivity index (χ1n) is 7.13. The number of nitrogens with one attached hydrogen (secondary N) is 2. The zero-order chi connectivity index (χ0) is 16.5. The van der Waals surface area contributed by atoms with Crippen LogP contribution in [-0.4, -0.2) is 30.7 Å². The van der Waals surface area contributed by atoms with Gasteiger partial charge in [0.25, 0.3) is 5.91 Å². The normalized spacial score (nSPS) is 10.1. The lowest BCUT2D eigenvalue weighted by atomic mass is 10.2. The van der Waals surface area contributed by atoms with E-state index in [4.69, 9.17) is 0 Å². The van der Waals surface area contributed by atoms with Crippen molar-refractivity contribution in [3.05, 3.63) is 66.0 Å². The fourth-order valence-electron chi connectivity index (χ4n) is 1.83. The van der Waals surface area contributed by atoms with Crippen LogP contribution in [0.25, 0.3) is 0 Å². The second-order valence-electron chi connectivity index (χ2n) is 4.70. The molecule has 2 N–H and O–H groups in total. The number of hydrogen-bond acceptors (Lipinski definition) is 3. The van der Waals surface area contributed by atoms with Gasteiger partial charge >= 0.3 is 0 Å². The lowest BCUT2D eigenvalue weighted by Crippen LogP contribution is -2.37. The lowest BCUT2D eigenvalue weighted by molar-refractivity contribution is -0.120. The Morgan fingerprint density at radius 2 is 1.78 bits per heavy atom.